The molecule has 0 aromatic heterocycles. The first kappa shape index (κ1) is 21.2. The molecule has 0 rings (SSSR count). The zero-order chi connectivity index (χ0) is 10.6. The lowest BCUT2D eigenvalue weighted by Gasteiger charge is -2.15. The van der Waals surface area contributed by atoms with E-state index in [0.29, 0.717) is 0 Å². The molecule has 6 N–H and O–H groups in total. The molecule has 16 heavy (non-hydrogen) atoms. The SMILES string of the molecule is CCCCCC(CCCC)CCCC.N.N. The van der Waals surface area contributed by atoms with Gasteiger partial charge in [0.1, 0.15) is 0 Å². The molecule has 0 fully saturated rings. The molecule has 0 atom stereocenters. The summed E-state index contributed by atoms with van der Waals surface area (Å²) in [6.45, 7) is 6.92. The zero-order valence-electron chi connectivity index (χ0n) is 12.1. The number of rotatable bonds is 10. The molecular formula is C14H36N2. The fourth-order valence-electron chi connectivity index (χ4n) is 2.10. The highest BCUT2D eigenvalue weighted by Gasteiger charge is 2.06. The normalized spacial score (nSPS) is 9.75. The minimum Gasteiger partial charge on any atom is -0.344 e. The average molecular weight is 232 g/mol. The van der Waals surface area contributed by atoms with Crippen molar-refractivity contribution in [2.24, 2.45) is 5.92 Å². The van der Waals surface area contributed by atoms with Crippen LogP contribution in [0, 0.1) is 5.92 Å². The van der Waals surface area contributed by atoms with Crippen LogP contribution in [0.25, 0.3) is 0 Å². The fourth-order valence-corrected chi connectivity index (χ4v) is 2.10. The van der Waals surface area contributed by atoms with Gasteiger partial charge in [0.25, 0.3) is 0 Å². The molecule has 2 heteroatoms. The molecule has 0 aliphatic heterocycles. The summed E-state index contributed by atoms with van der Waals surface area (Å²) >= 11 is 0. The molecule has 2 nitrogen and oxygen atoms in total. The van der Waals surface area contributed by atoms with Crippen LogP contribution in [-0.4, -0.2) is 0 Å². The summed E-state index contributed by atoms with van der Waals surface area (Å²) in [4.78, 5) is 0. The van der Waals surface area contributed by atoms with E-state index in [0.717, 1.165) is 5.92 Å². The second-order valence-electron chi connectivity index (χ2n) is 4.65. The van der Waals surface area contributed by atoms with Gasteiger partial charge in [-0.1, -0.05) is 85.0 Å². The topological polar surface area (TPSA) is 70.0 Å². The largest absolute Gasteiger partial charge is 0.344 e. The number of hydrogen-bond acceptors (Lipinski definition) is 2. The maximum atomic E-state index is 2.31. The summed E-state index contributed by atoms with van der Waals surface area (Å²) < 4.78 is 0. The van der Waals surface area contributed by atoms with Gasteiger partial charge in [-0.15, -0.1) is 0 Å². The summed E-state index contributed by atoms with van der Waals surface area (Å²) in [5.74, 6) is 1.04. The lowest BCUT2D eigenvalue weighted by Crippen LogP contribution is -2.00. The van der Waals surface area contributed by atoms with Crippen molar-refractivity contribution in [3.05, 3.63) is 0 Å². The molecule has 0 saturated heterocycles. The van der Waals surface area contributed by atoms with Gasteiger partial charge >= 0.3 is 0 Å². The van der Waals surface area contributed by atoms with Crippen LogP contribution in [0.4, 0.5) is 0 Å². The first-order chi connectivity index (χ1) is 6.85. The first-order valence-corrected chi connectivity index (χ1v) is 6.85. The molecule has 0 bridgehead atoms. The average Bonchev–Trinajstić information content (AvgIpc) is 2.21. The summed E-state index contributed by atoms with van der Waals surface area (Å²) in [6.07, 6.45) is 14.4. The van der Waals surface area contributed by atoms with Crippen LogP contribution < -0.4 is 12.3 Å². The van der Waals surface area contributed by atoms with E-state index in [2.05, 4.69) is 20.8 Å². The van der Waals surface area contributed by atoms with Gasteiger partial charge in [-0.05, 0) is 5.92 Å². The quantitative estimate of drug-likeness (QED) is 0.461. The van der Waals surface area contributed by atoms with Gasteiger partial charge in [0, 0.05) is 0 Å². The van der Waals surface area contributed by atoms with Gasteiger partial charge in [-0.2, -0.15) is 0 Å². The van der Waals surface area contributed by atoms with E-state index < -0.39 is 0 Å². The molecule has 0 radical (unpaired) electrons. The van der Waals surface area contributed by atoms with Crippen molar-refractivity contribution in [2.45, 2.75) is 85.0 Å². The number of hydrogen-bond donors (Lipinski definition) is 2. The van der Waals surface area contributed by atoms with E-state index in [-0.39, 0.29) is 12.3 Å². The standard InChI is InChI=1S/C14H30.2H3N/c1-4-7-10-13-14(11-8-5-2)12-9-6-3;;/h14H,4-13H2,1-3H3;2*1H3. The van der Waals surface area contributed by atoms with E-state index in [9.17, 15) is 0 Å². The van der Waals surface area contributed by atoms with Gasteiger partial charge in [0.15, 0.2) is 0 Å². The lowest BCUT2D eigenvalue weighted by atomic mass is 9.91. The molecule has 0 aliphatic carbocycles. The zero-order valence-corrected chi connectivity index (χ0v) is 12.1. The van der Waals surface area contributed by atoms with Gasteiger partial charge < -0.3 is 12.3 Å². The summed E-state index contributed by atoms with van der Waals surface area (Å²) in [5, 5.41) is 0. The van der Waals surface area contributed by atoms with Crippen LogP contribution >= 0.6 is 0 Å². The van der Waals surface area contributed by atoms with Crippen molar-refractivity contribution in [2.75, 3.05) is 0 Å². The molecule has 0 aliphatic rings. The van der Waals surface area contributed by atoms with Gasteiger partial charge in [0.05, 0.1) is 0 Å². The summed E-state index contributed by atoms with van der Waals surface area (Å²) in [5.41, 5.74) is 0. The predicted octanol–water partition coefficient (Wildman–Crippen LogP) is 5.89. The van der Waals surface area contributed by atoms with Gasteiger partial charge in [0.2, 0.25) is 0 Å². The van der Waals surface area contributed by atoms with Crippen molar-refractivity contribution in [1.82, 2.24) is 12.3 Å². The molecule has 102 valence electrons. The Morgan fingerprint density at radius 3 is 1.31 bits per heavy atom. The Labute approximate surface area is 104 Å². The molecule has 0 aromatic carbocycles. The van der Waals surface area contributed by atoms with Crippen LogP contribution in [0.2, 0.25) is 0 Å². The van der Waals surface area contributed by atoms with E-state index in [1.165, 1.54) is 64.2 Å². The Hall–Kier alpha value is -0.0800. The second kappa shape index (κ2) is 17.3. The van der Waals surface area contributed by atoms with Crippen molar-refractivity contribution in [3.8, 4) is 0 Å². The Morgan fingerprint density at radius 1 is 0.562 bits per heavy atom. The molecular weight excluding hydrogens is 196 g/mol. The Morgan fingerprint density at radius 2 is 0.938 bits per heavy atom. The van der Waals surface area contributed by atoms with Crippen molar-refractivity contribution < 1.29 is 0 Å². The highest BCUT2D eigenvalue weighted by atomic mass is 14.1. The molecule has 0 heterocycles. The Balaban J connectivity index is -0.000000845. The third-order valence-corrected chi connectivity index (χ3v) is 3.15. The van der Waals surface area contributed by atoms with Crippen LogP contribution in [0.3, 0.4) is 0 Å². The van der Waals surface area contributed by atoms with E-state index in [4.69, 9.17) is 0 Å². The smallest absolute Gasteiger partial charge is 0.0414 e. The fraction of sp³-hybridized carbons (Fsp3) is 1.00. The number of unbranched alkanes of at least 4 members (excludes halogenated alkanes) is 4. The van der Waals surface area contributed by atoms with Crippen LogP contribution in [0.5, 0.6) is 0 Å². The van der Waals surface area contributed by atoms with Gasteiger partial charge in [-0.3, -0.25) is 0 Å². The molecule has 0 saturated carbocycles. The van der Waals surface area contributed by atoms with Crippen molar-refractivity contribution in [1.29, 1.82) is 0 Å². The molecule has 0 amide bonds. The maximum Gasteiger partial charge on any atom is -0.0414 e. The third-order valence-electron chi connectivity index (χ3n) is 3.15. The van der Waals surface area contributed by atoms with Crippen molar-refractivity contribution >= 4 is 0 Å². The second-order valence-corrected chi connectivity index (χ2v) is 4.65. The Kier molecular flexibility index (Phi) is 23.0. The highest BCUT2D eigenvalue weighted by molar-refractivity contribution is 4.60. The minimum atomic E-state index is 0. The molecule has 0 unspecified atom stereocenters. The van der Waals surface area contributed by atoms with Gasteiger partial charge in [-0.25, -0.2) is 0 Å². The predicted molar refractivity (Wildman–Crippen MR) is 76.7 cm³/mol. The van der Waals surface area contributed by atoms with Crippen LogP contribution in [-0.2, 0) is 0 Å². The Bertz CT molecular complexity index is 96.9. The summed E-state index contributed by atoms with van der Waals surface area (Å²) in [6, 6.07) is 0. The molecule has 0 aromatic rings. The molecule has 0 spiro atoms. The highest BCUT2D eigenvalue weighted by Crippen LogP contribution is 2.22. The monoisotopic (exact) mass is 232 g/mol. The summed E-state index contributed by atoms with van der Waals surface area (Å²) in [7, 11) is 0. The van der Waals surface area contributed by atoms with E-state index in [1.807, 2.05) is 0 Å². The first-order valence-electron chi connectivity index (χ1n) is 6.85. The van der Waals surface area contributed by atoms with E-state index in [1.54, 1.807) is 0 Å². The van der Waals surface area contributed by atoms with E-state index >= 15 is 0 Å². The minimum absolute atomic E-state index is 0. The third kappa shape index (κ3) is 13.9. The maximum absolute atomic E-state index is 2.31. The van der Waals surface area contributed by atoms with Crippen LogP contribution in [0.1, 0.15) is 85.0 Å². The van der Waals surface area contributed by atoms with Crippen molar-refractivity contribution in [3.63, 3.8) is 0 Å². The lowest BCUT2D eigenvalue weighted by molar-refractivity contribution is 0.379. The van der Waals surface area contributed by atoms with Crippen LogP contribution in [0.15, 0.2) is 0 Å².